The summed E-state index contributed by atoms with van der Waals surface area (Å²) < 4.78 is 26.4. The SMILES string of the molecule is CCCCCCCCCCCCCC(=O)NC(COP(=O)(O)OCC(O)COC(=O)CCCCCCC)C(=O)O. The highest BCUT2D eigenvalue weighted by Gasteiger charge is 2.28. The lowest BCUT2D eigenvalue weighted by Crippen LogP contribution is -2.43. The number of ether oxygens (including phenoxy) is 1. The molecule has 1 amide bonds. The van der Waals surface area contributed by atoms with Crippen molar-refractivity contribution >= 4 is 25.7 Å². The van der Waals surface area contributed by atoms with Gasteiger partial charge in [-0.1, -0.05) is 104 Å². The van der Waals surface area contributed by atoms with Crippen LogP contribution in [0.1, 0.15) is 129 Å². The summed E-state index contributed by atoms with van der Waals surface area (Å²) in [5.74, 6) is -2.38. The predicted octanol–water partition coefficient (Wildman–Crippen LogP) is 5.66. The third kappa shape index (κ3) is 24.3. The van der Waals surface area contributed by atoms with Gasteiger partial charge in [-0.15, -0.1) is 0 Å². The van der Waals surface area contributed by atoms with E-state index in [4.69, 9.17) is 9.26 Å². The number of unbranched alkanes of at least 4 members (excludes halogenated alkanes) is 14. The van der Waals surface area contributed by atoms with E-state index >= 15 is 0 Å². The fraction of sp³-hybridized carbons (Fsp3) is 0.893. The first-order chi connectivity index (χ1) is 19.1. The van der Waals surface area contributed by atoms with Gasteiger partial charge in [-0.3, -0.25) is 18.6 Å². The number of phosphoric ester groups is 1. The number of carbonyl (C=O) groups is 3. The van der Waals surface area contributed by atoms with Crippen LogP contribution in [0.5, 0.6) is 0 Å². The molecule has 236 valence electrons. The molecule has 3 atom stereocenters. The van der Waals surface area contributed by atoms with Crippen molar-refractivity contribution in [2.24, 2.45) is 0 Å². The quantitative estimate of drug-likeness (QED) is 0.0503. The number of hydrogen-bond donors (Lipinski definition) is 4. The number of carbonyl (C=O) groups excluding carboxylic acids is 2. The molecular formula is C28H54NO10P. The molecule has 0 bridgehead atoms. The number of esters is 1. The lowest BCUT2D eigenvalue weighted by Gasteiger charge is -2.18. The van der Waals surface area contributed by atoms with Crippen molar-refractivity contribution in [3.8, 4) is 0 Å². The number of aliphatic carboxylic acids is 1. The van der Waals surface area contributed by atoms with Gasteiger partial charge in [0.2, 0.25) is 5.91 Å². The average Bonchev–Trinajstić information content (AvgIpc) is 2.91. The van der Waals surface area contributed by atoms with Crippen LogP contribution >= 0.6 is 7.82 Å². The summed E-state index contributed by atoms with van der Waals surface area (Å²) >= 11 is 0. The molecule has 11 nitrogen and oxygen atoms in total. The number of rotatable bonds is 28. The van der Waals surface area contributed by atoms with Gasteiger partial charge in [0.1, 0.15) is 12.7 Å². The second kappa shape index (κ2) is 25.2. The van der Waals surface area contributed by atoms with E-state index in [2.05, 4.69) is 23.7 Å². The molecule has 40 heavy (non-hydrogen) atoms. The van der Waals surface area contributed by atoms with Gasteiger partial charge in [0.25, 0.3) is 0 Å². The molecule has 0 aliphatic rings. The monoisotopic (exact) mass is 595 g/mol. The van der Waals surface area contributed by atoms with E-state index in [1.54, 1.807) is 0 Å². The number of nitrogens with one attached hydrogen (secondary N) is 1. The van der Waals surface area contributed by atoms with Crippen LogP contribution in [0.25, 0.3) is 0 Å². The zero-order valence-corrected chi connectivity index (χ0v) is 25.5. The van der Waals surface area contributed by atoms with Crippen molar-refractivity contribution in [1.82, 2.24) is 5.32 Å². The fourth-order valence-corrected chi connectivity index (χ4v) is 4.73. The third-order valence-corrected chi connectivity index (χ3v) is 7.35. The Kier molecular flexibility index (Phi) is 24.3. The molecule has 0 rings (SSSR count). The van der Waals surface area contributed by atoms with Crippen LogP contribution in [0.3, 0.4) is 0 Å². The Bertz CT molecular complexity index is 721. The Morgan fingerprint density at radius 1 is 0.700 bits per heavy atom. The molecule has 0 aliphatic carbocycles. The van der Waals surface area contributed by atoms with Crippen molar-refractivity contribution in [2.45, 2.75) is 142 Å². The largest absolute Gasteiger partial charge is 0.480 e. The number of aliphatic hydroxyl groups excluding tert-OH is 1. The lowest BCUT2D eigenvalue weighted by atomic mass is 10.1. The van der Waals surface area contributed by atoms with Gasteiger partial charge < -0.3 is 25.2 Å². The number of carboxylic acid groups (broad SMARTS) is 1. The summed E-state index contributed by atoms with van der Waals surface area (Å²) in [4.78, 5) is 45.1. The highest BCUT2D eigenvalue weighted by atomic mass is 31.2. The standard InChI is InChI=1S/C28H54NO10P/c1-3-5-7-9-10-11-12-13-14-16-17-19-26(31)29-25(28(33)34)23-39-40(35,36)38-22-24(30)21-37-27(32)20-18-15-8-6-4-2/h24-25,30H,3-23H2,1-2H3,(H,29,31)(H,33,34)(H,35,36). The van der Waals surface area contributed by atoms with Gasteiger partial charge >= 0.3 is 19.8 Å². The van der Waals surface area contributed by atoms with Crippen LogP contribution in [0.2, 0.25) is 0 Å². The topological polar surface area (TPSA) is 169 Å². The maximum atomic E-state index is 12.1. The van der Waals surface area contributed by atoms with Gasteiger partial charge in [-0.25, -0.2) is 9.36 Å². The van der Waals surface area contributed by atoms with E-state index in [-0.39, 0.29) is 12.8 Å². The zero-order chi connectivity index (χ0) is 30.1. The van der Waals surface area contributed by atoms with Crippen LogP contribution in [-0.4, -0.2) is 64.9 Å². The highest BCUT2D eigenvalue weighted by molar-refractivity contribution is 7.47. The second-order valence-electron chi connectivity index (χ2n) is 10.3. The van der Waals surface area contributed by atoms with Crippen molar-refractivity contribution in [3.63, 3.8) is 0 Å². The first-order valence-corrected chi connectivity index (χ1v) is 16.6. The van der Waals surface area contributed by atoms with Crippen molar-refractivity contribution < 1.29 is 47.8 Å². The van der Waals surface area contributed by atoms with Crippen molar-refractivity contribution in [3.05, 3.63) is 0 Å². The first kappa shape index (κ1) is 38.5. The number of hydrogen-bond acceptors (Lipinski definition) is 8. The van der Waals surface area contributed by atoms with Gasteiger partial charge in [0, 0.05) is 12.8 Å². The van der Waals surface area contributed by atoms with E-state index in [9.17, 15) is 34.1 Å². The highest BCUT2D eigenvalue weighted by Crippen LogP contribution is 2.43. The Hall–Kier alpha value is -1.52. The van der Waals surface area contributed by atoms with E-state index < -0.39 is 57.6 Å². The fourth-order valence-electron chi connectivity index (χ4n) is 3.96. The summed E-state index contributed by atoms with van der Waals surface area (Å²) in [5, 5.41) is 21.5. The minimum atomic E-state index is -4.72. The van der Waals surface area contributed by atoms with E-state index in [1.807, 2.05) is 0 Å². The zero-order valence-electron chi connectivity index (χ0n) is 24.7. The number of aliphatic hydroxyl groups is 1. The first-order valence-electron chi connectivity index (χ1n) is 15.1. The minimum Gasteiger partial charge on any atom is -0.480 e. The van der Waals surface area contributed by atoms with E-state index in [0.717, 1.165) is 44.9 Å². The number of carboxylic acids is 1. The smallest absolute Gasteiger partial charge is 0.472 e. The number of phosphoric acid groups is 1. The van der Waals surface area contributed by atoms with Crippen LogP contribution in [0, 0.1) is 0 Å². The molecule has 12 heteroatoms. The third-order valence-electron chi connectivity index (χ3n) is 6.40. The summed E-state index contributed by atoms with van der Waals surface area (Å²) in [6, 6.07) is -1.53. The molecule has 0 spiro atoms. The van der Waals surface area contributed by atoms with Gasteiger partial charge in [0.15, 0.2) is 6.04 Å². The molecule has 0 heterocycles. The molecule has 0 saturated heterocycles. The summed E-state index contributed by atoms with van der Waals surface area (Å²) in [6.07, 6.45) is 16.3. The lowest BCUT2D eigenvalue weighted by molar-refractivity contribution is -0.147. The Labute approximate surface area is 240 Å². The second-order valence-corrected chi connectivity index (χ2v) is 11.8. The van der Waals surface area contributed by atoms with E-state index in [0.29, 0.717) is 12.8 Å². The summed E-state index contributed by atoms with van der Waals surface area (Å²) in [6.45, 7) is 2.42. The maximum absolute atomic E-state index is 12.1. The Morgan fingerprint density at radius 3 is 1.65 bits per heavy atom. The molecule has 0 fully saturated rings. The maximum Gasteiger partial charge on any atom is 0.472 e. The van der Waals surface area contributed by atoms with Crippen LogP contribution in [0.15, 0.2) is 0 Å². The van der Waals surface area contributed by atoms with Crippen molar-refractivity contribution in [1.29, 1.82) is 0 Å². The Morgan fingerprint density at radius 2 is 1.15 bits per heavy atom. The molecular weight excluding hydrogens is 541 g/mol. The van der Waals surface area contributed by atoms with Crippen LogP contribution in [-0.2, 0) is 32.7 Å². The molecule has 0 radical (unpaired) electrons. The van der Waals surface area contributed by atoms with E-state index in [1.165, 1.54) is 44.9 Å². The van der Waals surface area contributed by atoms with Gasteiger partial charge in [0.05, 0.1) is 13.2 Å². The van der Waals surface area contributed by atoms with Gasteiger partial charge in [-0.05, 0) is 12.8 Å². The predicted molar refractivity (Wildman–Crippen MR) is 153 cm³/mol. The number of amides is 1. The molecule has 0 aromatic rings. The molecule has 4 N–H and O–H groups in total. The molecule has 0 saturated carbocycles. The van der Waals surface area contributed by atoms with Gasteiger partial charge in [-0.2, -0.15) is 0 Å². The van der Waals surface area contributed by atoms with Crippen LogP contribution in [0.4, 0.5) is 0 Å². The van der Waals surface area contributed by atoms with Crippen LogP contribution < -0.4 is 5.32 Å². The summed E-state index contributed by atoms with van der Waals surface area (Å²) in [5.41, 5.74) is 0. The van der Waals surface area contributed by atoms with Crippen molar-refractivity contribution in [2.75, 3.05) is 19.8 Å². The summed E-state index contributed by atoms with van der Waals surface area (Å²) in [7, 11) is -4.72. The Balaban J connectivity index is 4.08. The molecule has 0 aromatic heterocycles. The molecule has 0 aromatic carbocycles. The minimum absolute atomic E-state index is 0.151. The normalized spacial score (nSPS) is 14.3. The molecule has 3 unspecified atom stereocenters. The average molecular weight is 596 g/mol. The molecule has 0 aliphatic heterocycles.